The highest BCUT2D eigenvalue weighted by Gasteiger charge is 2.19. The SMILES string of the molecule is NC1CCC(NC(=O)Cc2cccc(Br)c2)CC1. The lowest BCUT2D eigenvalue weighted by molar-refractivity contribution is -0.121. The van der Waals surface area contributed by atoms with Gasteiger partial charge in [0.15, 0.2) is 0 Å². The van der Waals surface area contributed by atoms with Crippen LogP contribution in [0.4, 0.5) is 0 Å². The topological polar surface area (TPSA) is 55.1 Å². The maximum absolute atomic E-state index is 11.9. The van der Waals surface area contributed by atoms with Gasteiger partial charge in [0, 0.05) is 16.6 Å². The summed E-state index contributed by atoms with van der Waals surface area (Å²) >= 11 is 3.41. The van der Waals surface area contributed by atoms with Crippen LogP contribution in [0.5, 0.6) is 0 Å². The molecule has 0 bridgehead atoms. The van der Waals surface area contributed by atoms with E-state index in [-0.39, 0.29) is 5.91 Å². The fraction of sp³-hybridized carbons (Fsp3) is 0.500. The number of halogens is 1. The second-order valence-electron chi connectivity index (χ2n) is 4.99. The molecule has 0 aliphatic heterocycles. The van der Waals surface area contributed by atoms with Crippen LogP contribution in [0.1, 0.15) is 31.2 Å². The second kappa shape index (κ2) is 6.34. The largest absolute Gasteiger partial charge is 0.353 e. The van der Waals surface area contributed by atoms with Gasteiger partial charge in [-0.2, -0.15) is 0 Å². The maximum atomic E-state index is 11.9. The predicted molar refractivity (Wildman–Crippen MR) is 76.2 cm³/mol. The quantitative estimate of drug-likeness (QED) is 0.900. The van der Waals surface area contributed by atoms with Crippen molar-refractivity contribution in [1.29, 1.82) is 0 Å². The van der Waals surface area contributed by atoms with Crippen LogP contribution < -0.4 is 11.1 Å². The minimum atomic E-state index is 0.105. The number of nitrogens with two attached hydrogens (primary N) is 1. The summed E-state index contributed by atoms with van der Waals surface area (Å²) in [5.74, 6) is 0.105. The van der Waals surface area contributed by atoms with E-state index in [4.69, 9.17) is 5.73 Å². The lowest BCUT2D eigenvalue weighted by Crippen LogP contribution is -2.41. The summed E-state index contributed by atoms with van der Waals surface area (Å²) < 4.78 is 1.01. The van der Waals surface area contributed by atoms with Gasteiger partial charge in [0.2, 0.25) is 5.91 Å². The highest BCUT2D eigenvalue weighted by Crippen LogP contribution is 2.17. The summed E-state index contributed by atoms with van der Waals surface area (Å²) in [4.78, 5) is 11.9. The van der Waals surface area contributed by atoms with Gasteiger partial charge in [-0.25, -0.2) is 0 Å². The zero-order valence-electron chi connectivity index (χ0n) is 10.4. The van der Waals surface area contributed by atoms with E-state index in [0.29, 0.717) is 18.5 Å². The maximum Gasteiger partial charge on any atom is 0.224 e. The summed E-state index contributed by atoms with van der Waals surface area (Å²) in [5.41, 5.74) is 6.89. The lowest BCUT2D eigenvalue weighted by atomic mass is 9.91. The van der Waals surface area contributed by atoms with Crippen LogP contribution in [-0.2, 0) is 11.2 Å². The first kappa shape index (κ1) is 13.6. The minimum Gasteiger partial charge on any atom is -0.353 e. The molecule has 1 saturated carbocycles. The van der Waals surface area contributed by atoms with Gasteiger partial charge in [-0.15, -0.1) is 0 Å². The van der Waals surface area contributed by atoms with Crippen molar-refractivity contribution in [2.45, 2.75) is 44.2 Å². The second-order valence-corrected chi connectivity index (χ2v) is 5.90. The molecule has 18 heavy (non-hydrogen) atoms. The Kier molecular flexibility index (Phi) is 4.78. The van der Waals surface area contributed by atoms with Crippen molar-refractivity contribution in [3.05, 3.63) is 34.3 Å². The van der Waals surface area contributed by atoms with Crippen LogP contribution >= 0.6 is 15.9 Å². The van der Waals surface area contributed by atoms with Gasteiger partial charge < -0.3 is 11.1 Å². The molecule has 1 aliphatic carbocycles. The zero-order chi connectivity index (χ0) is 13.0. The van der Waals surface area contributed by atoms with E-state index in [2.05, 4.69) is 21.2 Å². The van der Waals surface area contributed by atoms with Gasteiger partial charge >= 0.3 is 0 Å². The fourth-order valence-electron chi connectivity index (χ4n) is 2.37. The Bertz CT molecular complexity index is 414. The van der Waals surface area contributed by atoms with Gasteiger partial charge in [-0.1, -0.05) is 28.1 Å². The number of carbonyl (C=O) groups is 1. The number of amides is 1. The lowest BCUT2D eigenvalue weighted by Gasteiger charge is -2.26. The van der Waals surface area contributed by atoms with Crippen LogP contribution in [0.25, 0.3) is 0 Å². The van der Waals surface area contributed by atoms with Crippen LogP contribution in [-0.4, -0.2) is 18.0 Å². The highest BCUT2D eigenvalue weighted by atomic mass is 79.9. The Labute approximate surface area is 116 Å². The van der Waals surface area contributed by atoms with E-state index >= 15 is 0 Å². The summed E-state index contributed by atoms with van der Waals surface area (Å²) in [5, 5.41) is 3.10. The van der Waals surface area contributed by atoms with Crippen molar-refractivity contribution in [1.82, 2.24) is 5.32 Å². The summed E-state index contributed by atoms with van der Waals surface area (Å²) in [6.07, 6.45) is 4.49. The third kappa shape index (κ3) is 4.10. The van der Waals surface area contributed by atoms with Gasteiger partial charge in [-0.05, 0) is 43.4 Å². The number of hydrogen-bond acceptors (Lipinski definition) is 2. The smallest absolute Gasteiger partial charge is 0.224 e. The van der Waals surface area contributed by atoms with Gasteiger partial charge in [0.1, 0.15) is 0 Å². The van der Waals surface area contributed by atoms with Crippen LogP contribution in [0.2, 0.25) is 0 Å². The Balaban J connectivity index is 1.82. The average molecular weight is 311 g/mol. The number of nitrogens with one attached hydrogen (secondary N) is 1. The van der Waals surface area contributed by atoms with E-state index < -0.39 is 0 Å². The van der Waals surface area contributed by atoms with Gasteiger partial charge in [0.25, 0.3) is 0 Å². The molecule has 0 atom stereocenters. The number of rotatable bonds is 3. The summed E-state index contributed by atoms with van der Waals surface area (Å²) in [7, 11) is 0. The monoisotopic (exact) mass is 310 g/mol. The molecule has 0 unspecified atom stereocenters. The summed E-state index contributed by atoms with van der Waals surface area (Å²) in [6, 6.07) is 8.50. The Morgan fingerprint density at radius 2 is 2.06 bits per heavy atom. The molecule has 3 nitrogen and oxygen atoms in total. The molecule has 1 aromatic rings. The molecule has 0 heterocycles. The van der Waals surface area contributed by atoms with E-state index in [1.165, 1.54) is 0 Å². The molecule has 2 rings (SSSR count). The molecule has 1 aliphatic rings. The first-order chi connectivity index (χ1) is 8.63. The standard InChI is InChI=1S/C14H19BrN2O/c15-11-3-1-2-10(8-11)9-14(18)17-13-6-4-12(16)5-7-13/h1-3,8,12-13H,4-7,9,16H2,(H,17,18). The van der Waals surface area contributed by atoms with Crippen LogP contribution in [0.3, 0.4) is 0 Å². The van der Waals surface area contributed by atoms with Crippen molar-refractivity contribution < 1.29 is 4.79 Å². The first-order valence-corrected chi connectivity index (χ1v) is 7.22. The van der Waals surface area contributed by atoms with E-state index in [1.54, 1.807) is 0 Å². The minimum absolute atomic E-state index is 0.105. The molecule has 0 aromatic heterocycles. The van der Waals surface area contributed by atoms with E-state index in [0.717, 1.165) is 35.7 Å². The molecule has 1 fully saturated rings. The molecule has 0 radical (unpaired) electrons. The molecule has 1 aromatic carbocycles. The number of benzene rings is 1. The highest BCUT2D eigenvalue weighted by molar-refractivity contribution is 9.10. The molecular weight excluding hydrogens is 292 g/mol. The Morgan fingerprint density at radius 3 is 2.72 bits per heavy atom. The predicted octanol–water partition coefficient (Wildman–Crippen LogP) is 2.38. The third-order valence-electron chi connectivity index (χ3n) is 3.39. The zero-order valence-corrected chi connectivity index (χ0v) is 11.9. The van der Waals surface area contributed by atoms with Crippen LogP contribution in [0, 0.1) is 0 Å². The third-order valence-corrected chi connectivity index (χ3v) is 3.88. The van der Waals surface area contributed by atoms with Crippen LogP contribution in [0.15, 0.2) is 28.7 Å². The van der Waals surface area contributed by atoms with E-state index in [1.807, 2.05) is 24.3 Å². The van der Waals surface area contributed by atoms with Crippen molar-refractivity contribution in [3.63, 3.8) is 0 Å². The Morgan fingerprint density at radius 1 is 1.33 bits per heavy atom. The molecule has 0 spiro atoms. The fourth-order valence-corrected chi connectivity index (χ4v) is 2.82. The van der Waals surface area contributed by atoms with Crippen molar-refractivity contribution in [3.8, 4) is 0 Å². The molecular formula is C14H19BrN2O. The average Bonchev–Trinajstić information content (AvgIpc) is 2.32. The molecule has 3 N–H and O–H groups in total. The Hall–Kier alpha value is -0.870. The van der Waals surface area contributed by atoms with Crippen molar-refractivity contribution >= 4 is 21.8 Å². The molecule has 98 valence electrons. The number of carbonyl (C=O) groups excluding carboxylic acids is 1. The van der Waals surface area contributed by atoms with Gasteiger partial charge in [0.05, 0.1) is 6.42 Å². The van der Waals surface area contributed by atoms with Crippen molar-refractivity contribution in [2.24, 2.45) is 5.73 Å². The first-order valence-electron chi connectivity index (χ1n) is 6.43. The molecule has 4 heteroatoms. The molecule has 0 saturated heterocycles. The van der Waals surface area contributed by atoms with E-state index in [9.17, 15) is 4.79 Å². The van der Waals surface area contributed by atoms with Crippen molar-refractivity contribution in [2.75, 3.05) is 0 Å². The molecule has 1 amide bonds. The van der Waals surface area contributed by atoms with Gasteiger partial charge in [-0.3, -0.25) is 4.79 Å². The normalized spacial score (nSPS) is 23.7. The number of hydrogen-bond donors (Lipinski definition) is 2. The summed E-state index contributed by atoms with van der Waals surface area (Å²) in [6.45, 7) is 0.